The van der Waals surface area contributed by atoms with Gasteiger partial charge in [0.1, 0.15) is 5.75 Å². The number of hydrogen-bond donors (Lipinski definition) is 0. The van der Waals surface area contributed by atoms with Crippen molar-refractivity contribution in [1.82, 2.24) is 0 Å². The van der Waals surface area contributed by atoms with E-state index in [2.05, 4.69) is 15.9 Å². The normalized spacial score (nSPS) is 14.0. The molecular formula is C15H12BrNO2. The number of carbonyl (C=O) groups excluding carboxylic acids is 1. The molecule has 0 spiro atoms. The van der Waals surface area contributed by atoms with Crippen LogP contribution in [-0.4, -0.2) is 12.5 Å². The third-order valence-corrected chi connectivity index (χ3v) is 3.61. The molecule has 1 aliphatic heterocycles. The van der Waals surface area contributed by atoms with Crippen molar-refractivity contribution in [2.75, 3.05) is 11.5 Å². The number of hydrogen-bond acceptors (Lipinski definition) is 2. The van der Waals surface area contributed by atoms with E-state index in [-0.39, 0.29) is 12.5 Å². The SMILES string of the molecule is Cc1ccccc1N1C(=O)COc2ccc(Br)cc21. The van der Waals surface area contributed by atoms with E-state index in [1.54, 1.807) is 4.90 Å². The van der Waals surface area contributed by atoms with Gasteiger partial charge in [-0.15, -0.1) is 0 Å². The molecule has 0 unspecified atom stereocenters. The minimum Gasteiger partial charge on any atom is -0.482 e. The first-order valence-corrected chi connectivity index (χ1v) is 6.77. The molecule has 3 rings (SSSR count). The van der Waals surface area contributed by atoms with Crippen LogP contribution in [0.4, 0.5) is 11.4 Å². The molecule has 0 bridgehead atoms. The highest BCUT2D eigenvalue weighted by atomic mass is 79.9. The lowest BCUT2D eigenvalue weighted by atomic mass is 10.1. The maximum absolute atomic E-state index is 12.2. The number of fused-ring (bicyclic) bond motifs is 1. The number of ether oxygens (including phenoxy) is 1. The number of rotatable bonds is 1. The molecule has 0 radical (unpaired) electrons. The van der Waals surface area contributed by atoms with E-state index in [0.29, 0.717) is 0 Å². The molecule has 0 atom stereocenters. The Labute approximate surface area is 119 Å². The van der Waals surface area contributed by atoms with Gasteiger partial charge < -0.3 is 4.74 Å². The van der Waals surface area contributed by atoms with Gasteiger partial charge in [-0.1, -0.05) is 34.1 Å². The van der Waals surface area contributed by atoms with Crippen LogP contribution in [0, 0.1) is 6.92 Å². The van der Waals surface area contributed by atoms with Gasteiger partial charge in [0, 0.05) is 4.47 Å². The summed E-state index contributed by atoms with van der Waals surface area (Å²) in [5.74, 6) is 0.672. The monoisotopic (exact) mass is 317 g/mol. The van der Waals surface area contributed by atoms with Gasteiger partial charge in [-0.2, -0.15) is 0 Å². The predicted molar refractivity (Wildman–Crippen MR) is 78.0 cm³/mol. The number of amides is 1. The van der Waals surface area contributed by atoms with Crippen molar-refractivity contribution in [2.45, 2.75) is 6.92 Å². The van der Waals surface area contributed by atoms with E-state index in [0.717, 1.165) is 27.2 Å². The fourth-order valence-corrected chi connectivity index (χ4v) is 2.55. The van der Waals surface area contributed by atoms with Gasteiger partial charge in [0.05, 0.1) is 11.4 Å². The van der Waals surface area contributed by atoms with Crippen molar-refractivity contribution in [2.24, 2.45) is 0 Å². The second kappa shape index (κ2) is 4.70. The first kappa shape index (κ1) is 12.2. The number of aryl methyl sites for hydroxylation is 1. The van der Waals surface area contributed by atoms with E-state index in [1.807, 2.05) is 49.4 Å². The maximum atomic E-state index is 12.2. The zero-order chi connectivity index (χ0) is 13.4. The molecule has 2 aromatic carbocycles. The molecule has 19 heavy (non-hydrogen) atoms. The van der Waals surface area contributed by atoms with Gasteiger partial charge in [-0.25, -0.2) is 0 Å². The van der Waals surface area contributed by atoms with Crippen LogP contribution in [0.2, 0.25) is 0 Å². The average molecular weight is 318 g/mol. The summed E-state index contributed by atoms with van der Waals surface area (Å²) < 4.78 is 6.39. The smallest absolute Gasteiger partial charge is 0.269 e. The standard InChI is InChI=1S/C15H12BrNO2/c1-10-4-2-3-5-12(10)17-13-8-11(16)6-7-14(13)19-9-15(17)18/h2-8H,9H2,1H3. The summed E-state index contributed by atoms with van der Waals surface area (Å²) in [6, 6.07) is 13.5. The van der Waals surface area contributed by atoms with Crippen LogP contribution in [0.15, 0.2) is 46.9 Å². The Morgan fingerprint density at radius 3 is 2.74 bits per heavy atom. The second-order valence-electron chi connectivity index (χ2n) is 4.42. The fraction of sp³-hybridized carbons (Fsp3) is 0.133. The van der Waals surface area contributed by atoms with Crippen LogP contribution in [0.3, 0.4) is 0 Å². The number of carbonyl (C=O) groups is 1. The van der Waals surface area contributed by atoms with E-state index in [9.17, 15) is 4.79 Å². The van der Waals surface area contributed by atoms with Gasteiger partial charge in [-0.05, 0) is 36.8 Å². The largest absolute Gasteiger partial charge is 0.482 e. The van der Waals surface area contributed by atoms with Crippen LogP contribution in [0.5, 0.6) is 5.75 Å². The van der Waals surface area contributed by atoms with E-state index < -0.39 is 0 Å². The zero-order valence-corrected chi connectivity index (χ0v) is 12.0. The third-order valence-electron chi connectivity index (χ3n) is 3.12. The summed E-state index contributed by atoms with van der Waals surface area (Å²) in [5, 5.41) is 0. The Bertz CT molecular complexity index is 654. The molecule has 0 N–H and O–H groups in total. The van der Waals surface area contributed by atoms with E-state index in [1.165, 1.54) is 0 Å². The molecule has 2 aromatic rings. The molecular weight excluding hydrogens is 306 g/mol. The Hall–Kier alpha value is -1.81. The van der Waals surface area contributed by atoms with Crippen LogP contribution in [-0.2, 0) is 4.79 Å². The van der Waals surface area contributed by atoms with Crippen LogP contribution >= 0.6 is 15.9 Å². The fourth-order valence-electron chi connectivity index (χ4n) is 2.20. The van der Waals surface area contributed by atoms with Crippen LogP contribution in [0.25, 0.3) is 0 Å². The Morgan fingerprint density at radius 1 is 1.16 bits per heavy atom. The van der Waals surface area contributed by atoms with Gasteiger partial charge >= 0.3 is 0 Å². The highest BCUT2D eigenvalue weighted by Crippen LogP contribution is 2.39. The molecule has 0 aromatic heterocycles. The summed E-state index contributed by atoms with van der Waals surface area (Å²) in [6.45, 7) is 2.07. The topological polar surface area (TPSA) is 29.5 Å². The lowest BCUT2D eigenvalue weighted by Crippen LogP contribution is -2.35. The highest BCUT2D eigenvalue weighted by molar-refractivity contribution is 9.10. The lowest BCUT2D eigenvalue weighted by Gasteiger charge is -2.30. The molecule has 1 heterocycles. The van der Waals surface area contributed by atoms with Crippen molar-refractivity contribution < 1.29 is 9.53 Å². The Kier molecular flexibility index (Phi) is 3.03. The van der Waals surface area contributed by atoms with Crippen molar-refractivity contribution in [1.29, 1.82) is 0 Å². The van der Waals surface area contributed by atoms with E-state index >= 15 is 0 Å². The summed E-state index contributed by atoms with van der Waals surface area (Å²) in [5.41, 5.74) is 2.73. The molecule has 0 saturated heterocycles. The van der Waals surface area contributed by atoms with Crippen molar-refractivity contribution in [3.05, 3.63) is 52.5 Å². The minimum atomic E-state index is -0.0556. The van der Waals surface area contributed by atoms with Gasteiger partial charge in [0.25, 0.3) is 5.91 Å². The Balaban J connectivity index is 2.19. The zero-order valence-electron chi connectivity index (χ0n) is 10.4. The predicted octanol–water partition coefficient (Wildman–Crippen LogP) is 3.81. The molecule has 1 aliphatic rings. The minimum absolute atomic E-state index is 0.0556. The van der Waals surface area contributed by atoms with Gasteiger partial charge in [-0.3, -0.25) is 9.69 Å². The van der Waals surface area contributed by atoms with E-state index in [4.69, 9.17) is 4.74 Å². The number of halogens is 1. The number of para-hydroxylation sites is 1. The van der Waals surface area contributed by atoms with Gasteiger partial charge in [0.2, 0.25) is 0 Å². The van der Waals surface area contributed by atoms with Gasteiger partial charge in [0.15, 0.2) is 6.61 Å². The summed E-state index contributed by atoms with van der Waals surface area (Å²) in [6.07, 6.45) is 0. The Morgan fingerprint density at radius 2 is 1.95 bits per heavy atom. The highest BCUT2D eigenvalue weighted by Gasteiger charge is 2.27. The second-order valence-corrected chi connectivity index (χ2v) is 5.33. The number of anilines is 2. The molecule has 0 fully saturated rings. The quantitative estimate of drug-likeness (QED) is 0.800. The van der Waals surface area contributed by atoms with Crippen LogP contribution in [0.1, 0.15) is 5.56 Å². The van der Waals surface area contributed by atoms with Crippen LogP contribution < -0.4 is 9.64 Å². The van der Waals surface area contributed by atoms with Crippen molar-refractivity contribution >= 4 is 33.2 Å². The van der Waals surface area contributed by atoms with Crippen molar-refractivity contribution in [3.8, 4) is 5.75 Å². The maximum Gasteiger partial charge on any atom is 0.269 e. The van der Waals surface area contributed by atoms with Crippen molar-refractivity contribution in [3.63, 3.8) is 0 Å². The molecule has 1 amide bonds. The summed E-state index contributed by atoms with van der Waals surface area (Å²) in [7, 11) is 0. The average Bonchev–Trinajstić information content (AvgIpc) is 2.40. The first-order chi connectivity index (χ1) is 9.16. The molecule has 3 nitrogen and oxygen atoms in total. The summed E-state index contributed by atoms with van der Waals surface area (Å²) in [4.78, 5) is 13.9. The molecule has 96 valence electrons. The first-order valence-electron chi connectivity index (χ1n) is 5.98. The number of nitrogens with zero attached hydrogens (tertiary/aromatic N) is 1. The third kappa shape index (κ3) is 2.12. The summed E-state index contributed by atoms with van der Waals surface area (Å²) >= 11 is 3.44. The number of benzene rings is 2. The molecule has 4 heteroatoms. The lowest BCUT2D eigenvalue weighted by molar-refractivity contribution is -0.120. The molecule has 0 aliphatic carbocycles. The molecule has 0 saturated carbocycles.